The Bertz CT molecular complexity index is 1430. The first-order valence-corrected chi connectivity index (χ1v) is 11.2. The summed E-state index contributed by atoms with van der Waals surface area (Å²) in [7, 11) is 3.08. The summed E-state index contributed by atoms with van der Waals surface area (Å²) in [6.07, 6.45) is 1.69. The molecule has 8 nitrogen and oxygen atoms in total. The van der Waals surface area contributed by atoms with Gasteiger partial charge >= 0.3 is 5.97 Å². The standard InChI is InChI=1S/C24H24N2O6S/c1-6-31-23(28)20-14(3)25-24-26(21(20)15-8-10-17(29-4)18(11-15)30-5)22(27)19(33-24)12-16-9-7-13(2)32-16/h7-12,21H,6H2,1-5H3/b19-12-/t21-/m1/s1. The minimum absolute atomic E-state index is 0.205. The molecule has 3 heterocycles. The second-order valence-corrected chi connectivity index (χ2v) is 8.37. The number of furan rings is 1. The van der Waals surface area contributed by atoms with Crippen molar-refractivity contribution in [2.75, 3.05) is 20.8 Å². The number of hydrogen-bond acceptors (Lipinski definition) is 8. The largest absolute Gasteiger partial charge is 0.493 e. The van der Waals surface area contributed by atoms with Crippen molar-refractivity contribution in [3.8, 4) is 11.5 Å². The fourth-order valence-corrected chi connectivity index (χ4v) is 4.82. The van der Waals surface area contributed by atoms with Crippen molar-refractivity contribution in [1.29, 1.82) is 0 Å². The second kappa shape index (κ2) is 9.11. The summed E-state index contributed by atoms with van der Waals surface area (Å²) in [4.78, 5) is 31.5. The molecule has 3 aromatic rings. The number of benzene rings is 1. The molecule has 9 heteroatoms. The molecular weight excluding hydrogens is 444 g/mol. The zero-order valence-corrected chi connectivity index (χ0v) is 19.8. The highest BCUT2D eigenvalue weighted by Crippen LogP contribution is 2.36. The summed E-state index contributed by atoms with van der Waals surface area (Å²) < 4.78 is 23.7. The molecule has 0 fully saturated rings. The number of methoxy groups -OCH3 is 2. The molecule has 0 N–H and O–H groups in total. The number of nitrogens with zero attached hydrogens (tertiary/aromatic N) is 2. The molecule has 0 radical (unpaired) electrons. The average molecular weight is 469 g/mol. The molecule has 2 aromatic heterocycles. The predicted molar refractivity (Wildman–Crippen MR) is 123 cm³/mol. The van der Waals surface area contributed by atoms with E-state index in [-0.39, 0.29) is 12.2 Å². The highest BCUT2D eigenvalue weighted by molar-refractivity contribution is 7.07. The Kier molecular flexibility index (Phi) is 6.24. The normalized spacial score (nSPS) is 15.8. The van der Waals surface area contributed by atoms with Crippen LogP contribution >= 0.6 is 11.3 Å². The van der Waals surface area contributed by atoms with Crippen LogP contribution in [0.1, 0.15) is 37.0 Å². The van der Waals surface area contributed by atoms with E-state index in [0.717, 1.165) is 5.76 Å². The van der Waals surface area contributed by atoms with Crippen LogP contribution in [0.15, 0.2) is 55.8 Å². The number of carbonyl (C=O) groups is 1. The van der Waals surface area contributed by atoms with E-state index in [0.29, 0.717) is 43.4 Å². The highest BCUT2D eigenvalue weighted by atomic mass is 32.1. The summed E-state index contributed by atoms with van der Waals surface area (Å²) in [5, 5.41) is 0. The van der Waals surface area contributed by atoms with E-state index in [9.17, 15) is 9.59 Å². The van der Waals surface area contributed by atoms with E-state index in [1.807, 2.05) is 13.0 Å². The lowest BCUT2D eigenvalue weighted by Crippen LogP contribution is -2.39. The van der Waals surface area contributed by atoms with Crippen LogP contribution in [-0.2, 0) is 9.53 Å². The molecule has 4 rings (SSSR count). The number of rotatable bonds is 6. The van der Waals surface area contributed by atoms with Gasteiger partial charge in [0.05, 0.1) is 42.7 Å². The van der Waals surface area contributed by atoms with Gasteiger partial charge in [-0.1, -0.05) is 17.4 Å². The molecule has 0 spiro atoms. The zero-order valence-electron chi connectivity index (χ0n) is 19.0. The van der Waals surface area contributed by atoms with Crippen LogP contribution in [0.4, 0.5) is 0 Å². The molecule has 1 aromatic carbocycles. The summed E-state index contributed by atoms with van der Waals surface area (Å²) in [6, 6.07) is 8.20. The molecule has 172 valence electrons. The predicted octanol–water partition coefficient (Wildman–Crippen LogP) is 2.72. The lowest BCUT2D eigenvalue weighted by molar-refractivity contribution is -0.139. The number of aryl methyl sites for hydroxylation is 1. The summed E-state index contributed by atoms with van der Waals surface area (Å²) in [5.74, 6) is 1.83. The maximum absolute atomic E-state index is 13.5. The van der Waals surface area contributed by atoms with E-state index in [1.54, 1.807) is 51.3 Å². The van der Waals surface area contributed by atoms with E-state index >= 15 is 0 Å². The Labute approximate surface area is 194 Å². The SMILES string of the molecule is CCOC(=O)C1=C(C)N=c2s/c(=C\c3ccc(C)o3)c(=O)n2[C@@H]1c1ccc(OC)c(OC)c1. The Hall–Kier alpha value is -3.59. The lowest BCUT2D eigenvalue weighted by Gasteiger charge is -2.25. The van der Waals surface area contributed by atoms with Crippen molar-refractivity contribution in [2.24, 2.45) is 4.99 Å². The number of hydrogen-bond donors (Lipinski definition) is 0. The van der Waals surface area contributed by atoms with Gasteiger partial charge in [0.25, 0.3) is 5.56 Å². The van der Waals surface area contributed by atoms with Gasteiger partial charge in [-0.15, -0.1) is 0 Å². The van der Waals surface area contributed by atoms with Gasteiger partial charge in [0.15, 0.2) is 16.3 Å². The van der Waals surface area contributed by atoms with Gasteiger partial charge in [0, 0.05) is 6.08 Å². The van der Waals surface area contributed by atoms with E-state index < -0.39 is 12.0 Å². The molecule has 1 aliphatic rings. The number of fused-ring (bicyclic) bond motifs is 1. The number of aromatic nitrogens is 1. The fourth-order valence-electron chi connectivity index (χ4n) is 3.79. The van der Waals surface area contributed by atoms with E-state index in [2.05, 4.69) is 4.99 Å². The molecule has 0 aliphatic carbocycles. The van der Waals surface area contributed by atoms with E-state index in [4.69, 9.17) is 18.6 Å². The van der Waals surface area contributed by atoms with Crippen LogP contribution in [0.3, 0.4) is 0 Å². The average Bonchev–Trinajstić information content (AvgIpc) is 3.34. The maximum Gasteiger partial charge on any atom is 0.338 e. The van der Waals surface area contributed by atoms with Gasteiger partial charge in [-0.25, -0.2) is 9.79 Å². The molecule has 0 amide bonds. The van der Waals surface area contributed by atoms with Crippen LogP contribution < -0.4 is 24.4 Å². The Morgan fingerprint density at radius 3 is 2.58 bits per heavy atom. The van der Waals surface area contributed by atoms with Crippen molar-refractivity contribution >= 4 is 23.4 Å². The molecule has 0 saturated carbocycles. The third kappa shape index (κ3) is 4.11. The van der Waals surface area contributed by atoms with Crippen molar-refractivity contribution < 1.29 is 23.4 Å². The zero-order chi connectivity index (χ0) is 23.7. The van der Waals surface area contributed by atoms with Crippen LogP contribution in [0, 0.1) is 6.92 Å². The van der Waals surface area contributed by atoms with Gasteiger partial charge in [-0.2, -0.15) is 0 Å². The molecule has 1 aliphatic heterocycles. The van der Waals surface area contributed by atoms with Gasteiger partial charge in [-0.3, -0.25) is 9.36 Å². The molecular formula is C24H24N2O6S. The maximum atomic E-state index is 13.5. The van der Waals surface area contributed by atoms with Crippen LogP contribution in [0.25, 0.3) is 6.08 Å². The first kappa shape index (κ1) is 22.6. The molecule has 0 saturated heterocycles. The van der Waals surface area contributed by atoms with Crippen LogP contribution in [0.5, 0.6) is 11.5 Å². The minimum atomic E-state index is -0.736. The fraction of sp³-hybridized carbons (Fsp3) is 0.292. The van der Waals surface area contributed by atoms with Crippen molar-refractivity contribution in [2.45, 2.75) is 26.8 Å². The Morgan fingerprint density at radius 2 is 1.94 bits per heavy atom. The van der Waals surface area contributed by atoms with Crippen LogP contribution in [-0.4, -0.2) is 31.4 Å². The first-order valence-electron chi connectivity index (χ1n) is 10.4. The van der Waals surface area contributed by atoms with Crippen molar-refractivity contribution in [1.82, 2.24) is 4.57 Å². The van der Waals surface area contributed by atoms with Gasteiger partial charge in [0.1, 0.15) is 11.5 Å². The number of esters is 1. The third-order valence-electron chi connectivity index (χ3n) is 5.27. The Balaban J connectivity index is 1.97. The summed E-state index contributed by atoms with van der Waals surface area (Å²) in [6.45, 7) is 5.52. The second-order valence-electron chi connectivity index (χ2n) is 7.37. The van der Waals surface area contributed by atoms with Gasteiger partial charge in [0.2, 0.25) is 0 Å². The topological polar surface area (TPSA) is 92.3 Å². The molecule has 0 unspecified atom stereocenters. The molecule has 33 heavy (non-hydrogen) atoms. The van der Waals surface area contributed by atoms with Gasteiger partial charge < -0.3 is 18.6 Å². The minimum Gasteiger partial charge on any atom is -0.493 e. The highest BCUT2D eigenvalue weighted by Gasteiger charge is 2.33. The van der Waals surface area contributed by atoms with Gasteiger partial charge in [-0.05, 0) is 50.6 Å². The summed E-state index contributed by atoms with van der Waals surface area (Å²) in [5.41, 5.74) is 1.19. The quantitative estimate of drug-likeness (QED) is 0.517. The van der Waals surface area contributed by atoms with E-state index in [1.165, 1.54) is 23.0 Å². The summed E-state index contributed by atoms with van der Waals surface area (Å²) >= 11 is 1.24. The number of allylic oxidation sites excluding steroid dienone is 1. The number of thiazole rings is 1. The van der Waals surface area contributed by atoms with Crippen molar-refractivity contribution in [3.63, 3.8) is 0 Å². The number of carbonyl (C=O) groups excluding carboxylic acids is 1. The van der Waals surface area contributed by atoms with Crippen molar-refractivity contribution in [3.05, 3.63) is 78.4 Å². The first-order chi connectivity index (χ1) is 15.9. The molecule has 0 bridgehead atoms. The third-order valence-corrected chi connectivity index (χ3v) is 6.26. The monoisotopic (exact) mass is 468 g/mol. The molecule has 1 atom stereocenters. The lowest BCUT2D eigenvalue weighted by atomic mass is 9.95. The number of ether oxygens (including phenoxy) is 3. The smallest absolute Gasteiger partial charge is 0.338 e. The Morgan fingerprint density at radius 1 is 1.18 bits per heavy atom. The van der Waals surface area contributed by atoms with Crippen LogP contribution in [0.2, 0.25) is 0 Å².